The van der Waals surface area contributed by atoms with Crippen LogP contribution in [0.5, 0.6) is 5.75 Å². The first-order chi connectivity index (χ1) is 20.0. The Bertz CT molecular complexity index is 1650. The number of ether oxygens (including phenoxy) is 1. The van der Waals surface area contributed by atoms with Crippen LogP contribution < -0.4 is 10.1 Å². The van der Waals surface area contributed by atoms with Crippen LogP contribution in [-0.4, -0.2) is 27.2 Å². The van der Waals surface area contributed by atoms with Crippen LogP contribution in [0.25, 0.3) is 10.9 Å². The molecule has 6 nitrogen and oxygen atoms in total. The number of fused-ring (bicyclic) bond motifs is 1. The van der Waals surface area contributed by atoms with Gasteiger partial charge in [0.15, 0.2) is 5.60 Å². The molecule has 0 spiro atoms. The van der Waals surface area contributed by atoms with Gasteiger partial charge in [-0.25, -0.2) is 9.18 Å². The Hall–Kier alpha value is -4.13. The van der Waals surface area contributed by atoms with Crippen LogP contribution in [0.15, 0.2) is 66.9 Å². The van der Waals surface area contributed by atoms with E-state index in [0.29, 0.717) is 23.7 Å². The maximum atomic E-state index is 14.4. The number of nitrogens with zero attached hydrogens (tertiary/aromatic N) is 1. The quantitative estimate of drug-likeness (QED) is 0.197. The summed E-state index contributed by atoms with van der Waals surface area (Å²) >= 11 is 0. The largest absolute Gasteiger partial charge is 0.478 e. The second-order valence-electron chi connectivity index (χ2n) is 13.4. The van der Waals surface area contributed by atoms with Crippen molar-refractivity contribution in [3.63, 3.8) is 0 Å². The molecule has 0 aliphatic carbocycles. The number of amides is 1. The molecule has 43 heavy (non-hydrogen) atoms. The molecule has 1 aromatic heterocycles. The number of aromatic nitrogens is 1. The molecule has 3 aromatic carbocycles. The number of aliphatic carboxylic acids is 1. The molecule has 0 saturated carbocycles. The van der Waals surface area contributed by atoms with Crippen molar-refractivity contribution in [1.29, 1.82) is 0 Å². The van der Waals surface area contributed by atoms with Crippen LogP contribution >= 0.6 is 0 Å². The van der Waals surface area contributed by atoms with Gasteiger partial charge in [0.25, 0.3) is 5.91 Å². The van der Waals surface area contributed by atoms with Crippen LogP contribution in [0, 0.1) is 11.7 Å². The Morgan fingerprint density at radius 3 is 2.35 bits per heavy atom. The number of halogens is 1. The molecule has 228 valence electrons. The fourth-order valence-corrected chi connectivity index (χ4v) is 5.13. The Labute approximate surface area is 253 Å². The van der Waals surface area contributed by atoms with Crippen LogP contribution in [0.2, 0.25) is 0 Å². The van der Waals surface area contributed by atoms with E-state index in [1.54, 1.807) is 12.1 Å². The van der Waals surface area contributed by atoms with Gasteiger partial charge in [-0.2, -0.15) is 0 Å². The van der Waals surface area contributed by atoms with E-state index in [9.17, 15) is 19.1 Å². The lowest BCUT2D eigenvalue weighted by Crippen LogP contribution is -2.37. The van der Waals surface area contributed by atoms with E-state index in [1.165, 1.54) is 19.9 Å². The fraction of sp³-hybridized carbons (Fsp3) is 0.389. The number of nitrogens with one attached hydrogen (secondary N) is 1. The molecule has 0 fully saturated rings. The van der Waals surface area contributed by atoms with Gasteiger partial charge in [-0.05, 0) is 97.2 Å². The summed E-state index contributed by atoms with van der Waals surface area (Å²) in [6.45, 7) is 16.1. The molecule has 1 atom stereocenters. The first-order valence-electron chi connectivity index (χ1n) is 14.8. The number of hydrogen-bond donors (Lipinski definition) is 2. The third-order valence-corrected chi connectivity index (χ3v) is 7.60. The summed E-state index contributed by atoms with van der Waals surface area (Å²) in [4.78, 5) is 24.9. The zero-order chi connectivity index (χ0) is 31.7. The van der Waals surface area contributed by atoms with Crippen molar-refractivity contribution in [2.45, 2.75) is 85.4 Å². The predicted octanol–water partition coefficient (Wildman–Crippen LogP) is 8.06. The van der Waals surface area contributed by atoms with Crippen LogP contribution in [0.4, 0.5) is 4.39 Å². The molecule has 0 radical (unpaired) electrons. The van der Waals surface area contributed by atoms with Crippen molar-refractivity contribution in [2.75, 3.05) is 0 Å². The topological polar surface area (TPSA) is 80.6 Å². The van der Waals surface area contributed by atoms with E-state index in [4.69, 9.17) is 4.74 Å². The summed E-state index contributed by atoms with van der Waals surface area (Å²) in [6, 6.07) is 17.8. The number of carboxylic acids is 1. The molecule has 0 unspecified atom stereocenters. The first kappa shape index (κ1) is 31.8. The first-order valence-corrected chi connectivity index (χ1v) is 14.8. The molecule has 0 bridgehead atoms. The van der Waals surface area contributed by atoms with Crippen LogP contribution in [0.1, 0.15) is 94.0 Å². The van der Waals surface area contributed by atoms with Crippen molar-refractivity contribution in [3.05, 3.63) is 100 Å². The van der Waals surface area contributed by atoms with Gasteiger partial charge in [-0.15, -0.1) is 0 Å². The third kappa shape index (κ3) is 7.64. The van der Waals surface area contributed by atoms with Gasteiger partial charge in [0.05, 0.1) is 6.04 Å². The second kappa shape index (κ2) is 12.2. The predicted molar refractivity (Wildman–Crippen MR) is 169 cm³/mol. The average Bonchev–Trinajstić information content (AvgIpc) is 3.23. The smallest absolute Gasteiger partial charge is 0.347 e. The maximum absolute atomic E-state index is 14.4. The van der Waals surface area contributed by atoms with Gasteiger partial charge in [0, 0.05) is 29.2 Å². The van der Waals surface area contributed by atoms with Gasteiger partial charge < -0.3 is 19.7 Å². The molecule has 7 heteroatoms. The molecule has 1 amide bonds. The van der Waals surface area contributed by atoms with E-state index in [2.05, 4.69) is 29.9 Å². The number of carbonyl (C=O) groups excluding carboxylic acids is 1. The van der Waals surface area contributed by atoms with Crippen molar-refractivity contribution in [1.82, 2.24) is 9.88 Å². The van der Waals surface area contributed by atoms with Crippen molar-refractivity contribution >= 4 is 22.8 Å². The number of carboxylic acid groups (broad SMARTS) is 1. The van der Waals surface area contributed by atoms with Gasteiger partial charge in [0.1, 0.15) is 11.6 Å². The highest BCUT2D eigenvalue weighted by molar-refractivity contribution is 5.99. The minimum absolute atomic E-state index is 0.214. The number of rotatable bonds is 10. The van der Waals surface area contributed by atoms with E-state index in [0.717, 1.165) is 39.7 Å². The molecule has 1 heterocycles. The van der Waals surface area contributed by atoms with Crippen LogP contribution in [-0.2, 0) is 23.2 Å². The molecule has 0 aliphatic rings. The summed E-state index contributed by atoms with van der Waals surface area (Å²) in [5.41, 5.74) is 3.63. The molecule has 2 N–H and O–H groups in total. The fourth-order valence-electron chi connectivity index (χ4n) is 5.13. The van der Waals surface area contributed by atoms with Gasteiger partial charge in [-0.1, -0.05) is 58.9 Å². The zero-order valence-corrected chi connectivity index (χ0v) is 26.4. The maximum Gasteiger partial charge on any atom is 0.347 e. The third-order valence-electron chi connectivity index (χ3n) is 7.60. The molecule has 0 saturated heterocycles. The number of carbonyl (C=O) groups is 2. The highest BCUT2D eigenvalue weighted by atomic mass is 19.1. The summed E-state index contributed by atoms with van der Waals surface area (Å²) in [6.07, 6.45) is 2.75. The minimum Gasteiger partial charge on any atom is -0.478 e. The van der Waals surface area contributed by atoms with Gasteiger partial charge in [-0.3, -0.25) is 4.79 Å². The summed E-state index contributed by atoms with van der Waals surface area (Å²) < 4.78 is 22.4. The molecule has 0 aliphatic heterocycles. The normalized spacial score (nSPS) is 12.9. The highest BCUT2D eigenvalue weighted by Gasteiger charge is 2.29. The zero-order valence-electron chi connectivity index (χ0n) is 26.4. The highest BCUT2D eigenvalue weighted by Crippen LogP contribution is 2.29. The Morgan fingerprint density at radius 2 is 1.70 bits per heavy atom. The van der Waals surface area contributed by atoms with Gasteiger partial charge >= 0.3 is 5.97 Å². The molecule has 4 aromatic rings. The standard InChI is InChI=1S/C36H43FN2O4/c1-22(2)20-39-21-27(14-24-10-9-11-30(15-24)43-36(7,8)34(41)42)31-13-12-25(18-32(31)39)33(40)38-23(3)26-16-28(35(4,5)6)19-29(37)17-26/h9-13,15-19,21-23H,14,20H2,1-8H3,(H,38,40)(H,41,42)/t23-/m0/s1. The van der Waals surface area contributed by atoms with E-state index >= 15 is 0 Å². The van der Waals surface area contributed by atoms with Crippen molar-refractivity contribution < 1.29 is 23.8 Å². The average molecular weight is 587 g/mol. The number of benzene rings is 3. The van der Waals surface area contributed by atoms with Crippen LogP contribution in [0.3, 0.4) is 0 Å². The lowest BCUT2D eigenvalue weighted by Gasteiger charge is -2.22. The summed E-state index contributed by atoms with van der Waals surface area (Å²) in [5, 5.41) is 13.5. The summed E-state index contributed by atoms with van der Waals surface area (Å²) in [5.74, 6) is -0.681. The molecular weight excluding hydrogens is 543 g/mol. The van der Waals surface area contributed by atoms with Crippen molar-refractivity contribution in [2.24, 2.45) is 5.92 Å². The lowest BCUT2D eigenvalue weighted by atomic mass is 9.85. The monoisotopic (exact) mass is 586 g/mol. The van der Waals surface area contributed by atoms with E-state index in [-0.39, 0.29) is 23.2 Å². The SMILES string of the molecule is CC(C)Cn1cc(Cc2cccc(OC(C)(C)C(=O)O)c2)c2ccc(C(=O)N[C@@H](C)c3cc(F)cc(C(C)(C)C)c3)cc21. The molecule has 4 rings (SSSR count). The second-order valence-corrected chi connectivity index (χ2v) is 13.4. The Kier molecular flexibility index (Phi) is 9.05. The Balaban J connectivity index is 1.61. The van der Waals surface area contributed by atoms with Gasteiger partial charge in [0.2, 0.25) is 0 Å². The van der Waals surface area contributed by atoms with E-state index in [1.807, 2.05) is 70.2 Å². The lowest BCUT2D eigenvalue weighted by molar-refractivity contribution is -0.152. The molecular formula is C36H43FN2O4. The van der Waals surface area contributed by atoms with Crippen molar-refractivity contribution in [3.8, 4) is 5.75 Å². The minimum atomic E-state index is -1.34. The number of hydrogen-bond acceptors (Lipinski definition) is 3. The Morgan fingerprint density at radius 1 is 0.977 bits per heavy atom. The summed E-state index contributed by atoms with van der Waals surface area (Å²) in [7, 11) is 0. The van der Waals surface area contributed by atoms with E-state index < -0.39 is 11.6 Å².